The second-order valence-corrected chi connectivity index (χ2v) is 5.73. The van der Waals surface area contributed by atoms with Crippen LogP contribution in [0.2, 0.25) is 0 Å². The zero-order valence-corrected chi connectivity index (χ0v) is 13.8. The van der Waals surface area contributed by atoms with E-state index < -0.39 is 17.7 Å². The van der Waals surface area contributed by atoms with E-state index >= 15 is 0 Å². The smallest absolute Gasteiger partial charge is 0.337 e. The zero-order chi connectivity index (χ0) is 17.8. The molecule has 1 fully saturated rings. The summed E-state index contributed by atoms with van der Waals surface area (Å²) in [5.74, 6) is -1.80. The lowest BCUT2D eigenvalue weighted by Gasteiger charge is -2.22. The molecule has 0 radical (unpaired) electrons. The Morgan fingerprint density at radius 1 is 1.24 bits per heavy atom. The lowest BCUT2D eigenvalue weighted by molar-refractivity contribution is 0.0600. The highest BCUT2D eigenvalue weighted by Gasteiger charge is 2.20. The van der Waals surface area contributed by atoms with Crippen molar-refractivity contribution in [2.45, 2.75) is 12.8 Å². The van der Waals surface area contributed by atoms with Gasteiger partial charge in [-0.15, -0.1) is 0 Å². The minimum atomic E-state index is -0.702. The summed E-state index contributed by atoms with van der Waals surface area (Å²) < 4.78 is 18.5. The number of nitrogens with one attached hydrogen (secondary N) is 1. The van der Waals surface area contributed by atoms with Gasteiger partial charge in [0.05, 0.1) is 35.8 Å². The van der Waals surface area contributed by atoms with Gasteiger partial charge in [0.25, 0.3) is 5.91 Å². The van der Waals surface area contributed by atoms with E-state index in [1.165, 1.54) is 19.4 Å². The van der Waals surface area contributed by atoms with Crippen molar-refractivity contribution in [1.29, 1.82) is 0 Å². The summed E-state index contributed by atoms with van der Waals surface area (Å²) in [5, 5.41) is 2.71. The molecule has 0 saturated carbocycles. The van der Waals surface area contributed by atoms with Crippen LogP contribution in [0.4, 0.5) is 15.8 Å². The molecule has 1 aliphatic rings. The van der Waals surface area contributed by atoms with Gasteiger partial charge in [0.2, 0.25) is 0 Å². The fraction of sp³-hybridized carbons (Fsp3) is 0.278. The molecule has 1 N–H and O–H groups in total. The van der Waals surface area contributed by atoms with E-state index in [0.29, 0.717) is 11.3 Å². The molecule has 130 valence electrons. The number of rotatable bonds is 4. The molecular weight excluding hydrogens is 325 g/mol. The van der Waals surface area contributed by atoms with E-state index in [9.17, 15) is 14.0 Å². The molecule has 1 amide bonds. The van der Waals surface area contributed by atoms with Crippen molar-refractivity contribution < 1.29 is 18.7 Å². The molecule has 1 aromatic heterocycles. The standard InChI is InChI=1S/C18H18FN3O3/c1-25-18(24)12-4-5-16(22-8-2-3-9-22)15(10-12)21-17(23)13-6-7-20-11-14(13)19/h4-7,10-11H,2-3,8-9H2,1H3,(H,21,23). The first kappa shape index (κ1) is 16.9. The van der Waals surface area contributed by atoms with Gasteiger partial charge in [-0.1, -0.05) is 0 Å². The first-order chi connectivity index (χ1) is 12.1. The van der Waals surface area contributed by atoms with Gasteiger partial charge in [-0.3, -0.25) is 9.78 Å². The van der Waals surface area contributed by atoms with E-state index in [0.717, 1.165) is 37.8 Å². The predicted molar refractivity (Wildman–Crippen MR) is 91.4 cm³/mol. The molecule has 2 heterocycles. The second-order valence-electron chi connectivity index (χ2n) is 5.73. The van der Waals surface area contributed by atoms with Crippen LogP contribution in [-0.4, -0.2) is 37.1 Å². The number of aromatic nitrogens is 1. The highest BCUT2D eigenvalue weighted by molar-refractivity contribution is 6.07. The second kappa shape index (κ2) is 7.29. The third-order valence-corrected chi connectivity index (χ3v) is 4.13. The molecule has 0 unspecified atom stereocenters. The van der Waals surface area contributed by atoms with E-state index in [1.807, 2.05) is 0 Å². The molecule has 25 heavy (non-hydrogen) atoms. The number of anilines is 2. The summed E-state index contributed by atoms with van der Waals surface area (Å²) in [6, 6.07) is 6.29. The van der Waals surface area contributed by atoms with Crippen molar-refractivity contribution >= 4 is 23.3 Å². The maximum atomic E-state index is 13.8. The number of esters is 1. The third-order valence-electron chi connectivity index (χ3n) is 4.13. The monoisotopic (exact) mass is 343 g/mol. The number of carbonyl (C=O) groups is 2. The Labute approximate surface area is 144 Å². The van der Waals surface area contributed by atoms with Gasteiger partial charge in [-0.25, -0.2) is 9.18 Å². The predicted octanol–water partition coefficient (Wildman–Crippen LogP) is 2.86. The minimum Gasteiger partial charge on any atom is -0.465 e. The third kappa shape index (κ3) is 3.60. The number of amides is 1. The molecule has 0 aliphatic carbocycles. The molecule has 2 aromatic rings. The topological polar surface area (TPSA) is 71.5 Å². The van der Waals surface area contributed by atoms with Gasteiger partial charge in [0, 0.05) is 19.3 Å². The number of carbonyl (C=O) groups excluding carboxylic acids is 2. The Kier molecular flexibility index (Phi) is 4.92. The number of methoxy groups -OCH3 is 1. The Bertz CT molecular complexity index is 804. The van der Waals surface area contributed by atoms with Crippen molar-refractivity contribution in [2.75, 3.05) is 30.4 Å². The average molecular weight is 343 g/mol. The Morgan fingerprint density at radius 3 is 2.68 bits per heavy atom. The SMILES string of the molecule is COC(=O)c1ccc(N2CCCC2)c(NC(=O)c2ccncc2F)c1. The fourth-order valence-corrected chi connectivity index (χ4v) is 2.86. The van der Waals surface area contributed by atoms with E-state index in [2.05, 4.69) is 15.2 Å². The molecule has 0 atom stereocenters. The summed E-state index contributed by atoms with van der Waals surface area (Å²) in [4.78, 5) is 30.0. The fourth-order valence-electron chi connectivity index (χ4n) is 2.86. The van der Waals surface area contributed by atoms with Crippen LogP contribution >= 0.6 is 0 Å². The molecule has 3 rings (SSSR count). The summed E-state index contributed by atoms with van der Waals surface area (Å²) in [7, 11) is 1.29. The van der Waals surface area contributed by atoms with Crippen LogP contribution in [0.1, 0.15) is 33.6 Å². The number of halogens is 1. The summed E-state index contributed by atoms with van der Waals surface area (Å²) in [5.41, 5.74) is 1.46. The van der Waals surface area contributed by atoms with Crippen molar-refractivity contribution in [3.63, 3.8) is 0 Å². The Balaban J connectivity index is 1.95. The summed E-state index contributed by atoms with van der Waals surface area (Å²) in [6.07, 6.45) is 4.46. The van der Waals surface area contributed by atoms with Crippen LogP contribution in [0, 0.1) is 5.82 Å². The van der Waals surface area contributed by atoms with Gasteiger partial charge in [-0.05, 0) is 37.1 Å². The lowest BCUT2D eigenvalue weighted by Crippen LogP contribution is -2.22. The van der Waals surface area contributed by atoms with Crippen molar-refractivity contribution in [2.24, 2.45) is 0 Å². The molecule has 0 spiro atoms. The number of ether oxygens (including phenoxy) is 1. The average Bonchev–Trinajstić information content (AvgIpc) is 3.15. The van der Waals surface area contributed by atoms with Crippen LogP contribution < -0.4 is 10.2 Å². The quantitative estimate of drug-likeness (QED) is 0.865. The Morgan fingerprint density at radius 2 is 2.00 bits per heavy atom. The van der Waals surface area contributed by atoms with Crippen LogP contribution in [0.5, 0.6) is 0 Å². The number of hydrogen-bond donors (Lipinski definition) is 1. The van der Waals surface area contributed by atoms with Gasteiger partial charge in [-0.2, -0.15) is 0 Å². The van der Waals surface area contributed by atoms with Gasteiger partial charge < -0.3 is 15.0 Å². The first-order valence-corrected chi connectivity index (χ1v) is 7.98. The molecule has 0 bridgehead atoms. The molecule has 6 nitrogen and oxygen atoms in total. The lowest BCUT2D eigenvalue weighted by atomic mass is 10.1. The normalized spacial score (nSPS) is 13.6. The molecule has 1 aromatic carbocycles. The summed E-state index contributed by atoms with van der Waals surface area (Å²) >= 11 is 0. The van der Waals surface area contributed by atoms with E-state index in [1.54, 1.807) is 18.2 Å². The number of pyridine rings is 1. The number of nitrogens with zero attached hydrogens (tertiary/aromatic N) is 2. The first-order valence-electron chi connectivity index (χ1n) is 7.98. The maximum Gasteiger partial charge on any atom is 0.337 e. The molecule has 7 heteroatoms. The van der Waals surface area contributed by atoms with Crippen molar-refractivity contribution in [3.8, 4) is 0 Å². The molecule has 1 aliphatic heterocycles. The van der Waals surface area contributed by atoms with Crippen LogP contribution in [-0.2, 0) is 4.74 Å². The molecule has 1 saturated heterocycles. The van der Waals surface area contributed by atoms with Gasteiger partial charge >= 0.3 is 5.97 Å². The largest absolute Gasteiger partial charge is 0.465 e. The highest BCUT2D eigenvalue weighted by atomic mass is 19.1. The maximum absolute atomic E-state index is 13.8. The van der Waals surface area contributed by atoms with Crippen molar-refractivity contribution in [3.05, 3.63) is 53.6 Å². The highest BCUT2D eigenvalue weighted by Crippen LogP contribution is 2.30. The number of benzene rings is 1. The molecular formula is C18H18FN3O3. The number of hydrogen-bond acceptors (Lipinski definition) is 5. The van der Waals surface area contributed by atoms with Crippen LogP contribution in [0.3, 0.4) is 0 Å². The summed E-state index contributed by atoms with van der Waals surface area (Å²) in [6.45, 7) is 1.73. The van der Waals surface area contributed by atoms with Crippen LogP contribution in [0.25, 0.3) is 0 Å². The van der Waals surface area contributed by atoms with E-state index in [-0.39, 0.29) is 5.56 Å². The van der Waals surface area contributed by atoms with Gasteiger partial charge in [0.15, 0.2) is 5.82 Å². The van der Waals surface area contributed by atoms with Gasteiger partial charge in [0.1, 0.15) is 0 Å². The Hall–Kier alpha value is -2.96. The van der Waals surface area contributed by atoms with Crippen LogP contribution in [0.15, 0.2) is 36.7 Å². The van der Waals surface area contributed by atoms with Crippen molar-refractivity contribution in [1.82, 2.24) is 4.98 Å². The zero-order valence-electron chi connectivity index (χ0n) is 13.8. The minimum absolute atomic E-state index is 0.106. The van der Waals surface area contributed by atoms with E-state index in [4.69, 9.17) is 4.74 Å².